The number of aliphatic carboxylic acids is 1. The van der Waals surface area contributed by atoms with Crippen molar-refractivity contribution in [3.63, 3.8) is 0 Å². The second kappa shape index (κ2) is 3.20. The highest BCUT2D eigenvalue weighted by Crippen LogP contribution is 2.27. The van der Waals surface area contributed by atoms with E-state index in [-0.39, 0.29) is 5.76 Å². The lowest BCUT2D eigenvalue weighted by Gasteiger charge is -2.29. The van der Waals surface area contributed by atoms with E-state index in [2.05, 4.69) is 4.74 Å². The summed E-state index contributed by atoms with van der Waals surface area (Å²) in [5, 5.41) is 27.3. The first kappa shape index (κ1) is 9.76. The summed E-state index contributed by atoms with van der Waals surface area (Å²) in [7, 11) is 1.19. The second-order valence-corrected chi connectivity index (χ2v) is 2.70. The van der Waals surface area contributed by atoms with Crippen LogP contribution in [0, 0.1) is 5.92 Å². The molecule has 2 unspecified atom stereocenters. The number of aliphatic hydroxyl groups excluding tert-OH is 1. The van der Waals surface area contributed by atoms with E-state index in [1.807, 2.05) is 0 Å². The summed E-state index contributed by atoms with van der Waals surface area (Å²) in [6, 6.07) is 0. The predicted octanol–water partition coefficient (Wildman–Crippen LogP) is 0.0339. The van der Waals surface area contributed by atoms with Gasteiger partial charge in [-0.25, -0.2) is 0 Å². The summed E-state index contributed by atoms with van der Waals surface area (Å²) in [5.41, 5.74) is 0. The fraction of sp³-hybridized carbons (Fsp3) is 0.375. The Labute approximate surface area is 74.6 Å². The van der Waals surface area contributed by atoms with Crippen LogP contribution in [0.2, 0.25) is 0 Å². The first-order valence-corrected chi connectivity index (χ1v) is 3.60. The third-order valence-corrected chi connectivity index (χ3v) is 1.87. The van der Waals surface area contributed by atoms with Gasteiger partial charge in [-0.05, 0) is 18.2 Å². The van der Waals surface area contributed by atoms with Gasteiger partial charge in [-0.1, -0.05) is 0 Å². The van der Waals surface area contributed by atoms with Crippen LogP contribution in [0.25, 0.3) is 0 Å². The summed E-state index contributed by atoms with van der Waals surface area (Å²) in [6.45, 7) is 0. The Morgan fingerprint density at radius 1 is 1.69 bits per heavy atom. The molecule has 1 aliphatic carbocycles. The molecule has 0 heterocycles. The largest absolute Gasteiger partial charge is 0.508 e. The third-order valence-electron chi connectivity index (χ3n) is 1.87. The molecule has 1 aliphatic rings. The molecule has 3 N–H and O–H groups in total. The Bertz CT molecular complexity index is 280. The number of hydrogen-bond acceptors (Lipinski definition) is 4. The van der Waals surface area contributed by atoms with Crippen molar-refractivity contribution < 1.29 is 24.9 Å². The van der Waals surface area contributed by atoms with Gasteiger partial charge < -0.3 is 20.1 Å². The number of ether oxygens (including phenoxy) is 1. The van der Waals surface area contributed by atoms with Gasteiger partial charge in [0, 0.05) is 7.11 Å². The zero-order chi connectivity index (χ0) is 10.1. The number of carboxylic acids is 1. The highest BCUT2D eigenvalue weighted by molar-refractivity contribution is 5.74. The van der Waals surface area contributed by atoms with E-state index in [1.54, 1.807) is 0 Å². The fourth-order valence-electron chi connectivity index (χ4n) is 1.10. The van der Waals surface area contributed by atoms with E-state index in [0.29, 0.717) is 0 Å². The SMILES string of the molecule is COC1(O)C=CC(O)=CC1C(=O)O. The Morgan fingerprint density at radius 3 is 2.77 bits per heavy atom. The van der Waals surface area contributed by atoms with Gasteiger partial charge in [0.15, 0.2) is 0 Å². The number of carboxylic acid groups (broad SMARTS) is 1. The van der Waals surface area contributed by atoms with Crippen LogP contribution in [0.5, 0.6) is 0 Å². The normalized spacial score (nSPS) is 32.8. The smallest absolute Gasteiger partial charge is 0.316 e. The number of allylic oxidation sites excluding steroid dienone is 1. The molecule has 0 radical (unpaired) electrons. The van der Waals surface area contributed by atoms with Gasteiger partial charge in [0.1, 0.15) is 11.7 Å². The highest BCUT2D eigenvalue weighted by Gasteiger charge is 2.40. The minimum Gasteiger partial charge on any atom is -0.508 e. The van der Waals surface area contributed by atoms with E-state index in [0.717, 1.165) is 12.2 Å². The maximum Gasteiger partial charge on any atom is 0.316 e. The van der Waals surface area contributed by atoms with Crippen LogP contribution < -0.4 is 0 Å². The topological polar surface area (TPSA) is 87.0 Å². The van der Waals surface area contributed by atoms with Crippen molar-refractivity contribution in [2.45, 2.75) is 5.79 Å². The van der Waals surface area contributed by atoms with Gasteiger partial charge >= 0.3 is 5.97 Å². The van der Waals surface area contributed by atoms with Crippen molar-refractivity contribution in [2.24, 2.45) is 5.92 Å². The minimum absolute atomic E-state index is 0.200. The molecule has 5 heteroatoms. The molecule has 0 bridgehead atoms. The van der Waals surface area contributed by atoms with Crippen molar-refractivity contribution in [1.82, 2.24) is 0 Å². The predicted molar refractivity (Wildman–Crippen MR) is 42.9 cm³/mol. The van der Waals surface area contributed by atoms with E-state index in [9.17, 15) is 9.90 Å². The van der Waals surface area contributed by atoms with E-state index < -0.39 is 17.7 Å². The van der Waals surface area contributed by atoms with Gasteiger partial charge in [0.25, 0.3) is 0 Å². The molecule has 0 saturated carbocycles. The Morgan fingerprint density at radius 2 is 2.31 bits per heavy atom. The monoisotopic (exact) mass is 186 g/mol. The van der Waals surface area contributed by atoms with Gasteiger partial charge in [-0.3, -0.25) is 4.79 Å². The number of hydrogen-bond donors (Lipinski definition) is 3. The summed E-state index contributed by atoms with van der Waals surface area (Å²) >= 11 is 0. The summed E-state index contributed by atoms with van der Waals surface area (Å²) in [6.07, 6.45) is 3.30. The summed E-state index contributed by atoms with van der Waals surface area (Å²) in [5.74, 6) is -4.63. The van der Waals surface area contributed by atoms with E-state index >= 15 is 0 Å². The first-order valence-electron chi connectivity index (χ1n) is 3.60. The molecule has 0 spiro atoms. The quantitative estimate of drug-likeness (QED) is 0.530. The average Bonchev–Trinajstić information content (AvgIpc) is 2.09. The molecule has 0 amide bonds. The van der Waals surface area contributed by atoms with Crippen molar-refractivity contribution in [3.05, 3.63) is 24.0 Å². The highest BCUT2D eigenvalue weighted by atomic mass is 16.6. The molecule has 72 valence electrons. The van der Waals surface area contributed by atoms with Crippen molar-refractivity contribution in [3.8, 4) is 0 Å². The molecule has 0 aromatic carbocycles. The molecule has 0 saturated heterocycles. The Kier molecular flexibility index (Phi) is 2.40. The van der Waals surface area contributed by atoms with Crippen molar-refractivity contribution in [2.75, 3.05) is 7.11 Å². The number of rotatable bonds is 2. The van der Waals surface area contributed by atoms with Crippen LogP contribution in [0.4, 0.5) is 0 Å². The van der Waals surface area contributed by atoms with E-state index in [4.69, 9.17) is 10.2 Å². The number of aliphatic hydroxyl groups is 2. The maximum absolute atomic E-state index is 10.6. The summed E-state index contributed by atoms with van der Waals surface area (Å²) < 4.78 is 4.63. The van der Waals surface area contributed by atoms with Crippen LogP contribution in [0.15, 0.2) is 24.0 Å². The van der Waals surface area contributed by atoms with Gasteiger partial charge in [0.05, 0.1) is 0 Å². The van der Waals surface area contributed by atoms with E-state index in [1.165, 1.54) is 13.2 Å². The summed E-state index contributed by atoms with van der Waals surface area (Å²) in [4.78, 5) is 10.6. The lowest BCUT2D eigenvalue weighted by Crippen LogP contribution is -2.42. The van der Waals surface area contributed by atoms with Gasteiger partial charge in [0.2, 0.25) is 5.79 Å². The van der Waals surface area contributed by atoms with Crippen LogP contribution in [0.1, 0.15) is 0 Å². The molecule has 0 fully saturated rings. The minimum atomic E-state index is -1.88. The first-order chi connectivity index (χ1) is 5.99. The number of methoxy groups -OCH3 is 1. The lowest BCUT2D eigenvalue weighted by molar-refractivity contribution is -0.190. The van der Waals surface area contributed by atoms with Gasteiger partial charge in [-0.2, -0.15) is 0 Å². The molecule has 0 aromatic heterocycles. The molecule has 0 aliphatic heterocycles. The molecule has 0 aromatic rings. The third kappa shape index (κ3) is 1.71. The molecule has 5 nitrogen and oxygen atoms in total. The molecule has 1 rings (SSSR count). The zero-order valence-corrected chi connectivity index (χ0v) is 6.97. The van der Waals surface area contributed by atoms with Crippen LogP contribution in [-0.4, -0.2) is 34.2 Å². The standard InChI is InChI=1S/C8H10O5/c1-13-8(12)3-2-5(9)4-6(8)7(10)11/h2-4,6,9,12H,1H3,(H,10,11). The average molecular weight is 186 g/mol. The van der Waals surface area contributed by atoms with Crippen LogP contribution in [0.3, 0.4) is 0 Å². The van der Waals surface area contributed by atoms with Crippen LogP contribution >= 0.6 is 0 Å². The molecule has 2 atom stereocenters. The maximum atomic E-state index is 10.6. The van der Waals surface area contributed by atoms with Crippen molar-refractivity contribution in [1.29, 1.82) is 0 Å². The second-order valence-electron chi connectivity index (χ2n) is 2.70. The molecular formula is C8H10O5. The van der Waals surface area contributed by atoms with Gasteiger partial charge in [-0.15, -0.1) is 0 Å². The Hall–Kier alpha value is -1.33. The molecule has 13 heavy (non-hydrogen) atoms. The van der Waals surface area contributed by atoms with Crippen molar-refractivity contribution >= 4 is 5.97 Å². The zero-order valence-electron chi connectivity index (χ0n) is 6.97. The fourth-order valence-corrected chi connectivity index (χ4v) is 1.10. The van der Waals surface area contributed by atoms with Crippen LogP contribution in [-0.2, 0) is 9.53 Å². The number of carbonyl (C=O) groups is 1. The lowest BCUT2D eigenvalue weighted by atomic mass is 9.93. The Balaban J connectivity index is 3.01. The molecular weight excluding hydrogens is 176 g/mol.